The summed E-state index contributed by atoms with van der Waals surface area (Å²) in [7, 11) is 0. The summed E-state index contributed by atoms with van der Waals surface area (Å²) < 4.78 is 4.71. The smallest absolute Gasteiger partial charge is 0.337 e. The summed E-state index contributed by atoms with van der Waals surface area (Å²) in [6, 6.07) is 4.48. The maximum Gasteiger partial charge on any atom is 0.337 e. The lowest BCUT2D eigenvalue weighted by molar-refractivity contribution is -0.140. The second kappa shape index (κ2) is 6.10. The van der Waals surface area contributed by atoms with Crippen molar-refractivity contribution < 1.29 is 19.4 Å². The molecule has 0 aromatic heterocycles. The molecule has 0 atom stereocenters. The van der Waals surface area contributed by atoms with Gasteiger partial charge in [0.15, 0.2) is 0 Å². The Bertz CT molecular complexity index is 433. The Morgan fingerprint density at radius 2 is 2.18 bits per heavy atom. The van der Waals surface area contributed by atoms with Crippen LogP contribution in [0.2, 0.25) is 5.02 Å². The Hall–Kier alpha value is -1.75. The molecular formula is C11H12ClNO4. The number of para-hydroxylation sites is 1. The van der Waals surface area contributed by atoms with E-state index < -0.39 is 11.9 Å². The first kappa shape index (κ1) is 13.3. The van der Waals surface area contributed by atoms with Gasteiger partial charge in [-0.1, -0.05) is 17.7 Å². The summed E-state index contributed by atoms with van der Waals surface area (Å²) in [5.74, 6) is -1.58. The number of anilines is 1. The van der Waals surface area contributed by atoms with Crippen LogP contribution in [0.3, 0.4) is 0 Å². The number of halogens is 1. The quantitative estimate of drug-likeness (QED) is 0.789. The number of aromatic carboxylic acids is 1. The number of carbonyl (C=O) groups excluding carboxylic acids is 1. The molecule has 0 aliphatic rings. The first-order chi connectivity index (χ1) is 8.06. The third kappa shape index (κ3) is 3.64. The van der Waals surface area contributed by atoms with Gasteiger partial charge in [0.25, 0.3) is 0 Å². The SMILES string of the molecule is CCOC(=O)CNc1c(Cl)cccc1C(=O)O. The Kier molecular flexibility index (Phi) is 4.78. The van der Waals surface area contributed by atoms with Crippen LogP contribution in [0.4, 0.5) is 5.69 Å². The van der Waals surface area contributed by atoms with Gasteiger partial charge in [0.2, 0.25) is 0 Å². The van der Waals surface area contributed by atoms with Gasteiger partial charge in [0, 0.05) is 0 Å². The number of rotatable bonds is 5. The van der Waals surface area contributed by atoms with Crippen LogP contribution in [-0.2, 0) is 9.53 Å². The maximum absolute atomic E-state index is 11.1. The summed E-state index contributed by atoms with van der Waals surface area (Å²) in [6.45, 7) is 1.84. The van der Waals surface area contributed by atoms with E-state index in [1.165, 1.54) is 12.1 Å². The molecule has 0 spiro atoms. The molecule has 92 valence electrons. The van der Waals surface area contributed by atoms with Gasteiger partial charge >= 0.3 is 11.9 Å². The van der Waals surface area contributed by atoms with Crippen molar-refractivity contribution in [2.75, 3.05) is 18.5 Å². The van der Waals surface area contributed by atoms with Crippen molar-refractivity contribution in [1.82, 2.24) is 0 Å². The van der Waals surface area contributed by atoms with Gasteiger partial charge in [-0.2, -0.15) is 0 Å². The highest BCUT2D eigenvalue weighted by atomic mass is 35.5. The lowest BCUT2D eigenvalue weighted by atomic mass is 10.2. The van der Waals surface area contributed by atoms with Crippen LogP contribution in [0, 0.1) is 0 Å². The van der Waals surface area contributed by atoms with E-state index in [-0.39, 0.29) is 29.4 Å². The van der Waals surface area contributed by atoms with E-state index in [9.17, 15) is 9.59 Å². The number of esters is 1. The molecule has 0 aliphatic carbocycles. The van der Waals surface area contributed by atoms with Crippen molar-refractivity contribution in [1.29, 1.82) is 0 Å². The number of ether oxygens (including phenoxy) is 1. The standard InChI is InChI=1S/C11H12ClNO4/c1-2-17-9(14)6-13-10-7(11(15)16)4-3-5-8(10)12/h3-5,13H,2,6H2,1H3,(H,15,16). The third-order valence-electron chi connectivity index (χ3n) is 1.96. The fourth-order valence-electron chi connectivity index (χ4n) is 1.25. The van der Waals surface area contributed by atoms with Crippen molar-refractivity contribution in [3.8, 4) is 0 Å². The van der Waals surface area contributed by atoms with E-state index in [1.54, 1.807) is 13.0 Å². The Morgan fingerprint density at radius 1 is 1.47 bits per heavy atom. The zero-order valence-corrected chi connectivity index (χ0v) is 9.95. The van der Waals surface area contributed by atoms with Gasteiger partial charge in [0.1, 0.15) is 6.54 Å². The molecule has 1 aromatic rings. The molecule has 6 heteroatoms. The largest absolute Gasteiger partial charge is 0.478 e. The zero-order chi connectivity index (χ0) is 12.8. The van der Waals surface area contributed by atoms with Crippen LogP contribution in [-0.4, -0.2) is 30.2 Å². The molecule has 0 unspecified atom stereocenters. The fourth-order valence-corrected chi connectivity index (χ4v) is 1.50. The summed E-state index contributed by atoms with van der Waals surface area (Å²) >= 11 is 5.86. The van der Waals surface area contributed by atoms with Gasteiger partial charge in [-0.15, -0.1) is 0 Å². The second-order valence-corrected chi connectivity index (χ2v) is 3.53. The molecule has 0 saturated heterocycles. The molecule has 0 radical (unpaired) electrons. The minimum Gasteiger partial charge on any atom is -0.478 e. The van der Waals surface area contributed by atoms with Crippen molar-refractivity contribution in [2.24, 2.45) is 0 Å². The number of carbonyl (C=O) groups is 2. The molecule has 0 saturated carbocycles. The minimum absolute atomic E-state index is 0.0156. The normalized spacial score (nSPS) is 9.76. The van der Waals surface area contributed by atoms with Gasteiger partial charge < -0.3 is 15.2 Å². The lowest BCUT2D eigenvalue weighted by Gasteiger charge is -2.10. The predicted octanol–water partition coefficient (Wildman–Crippen LogP) is 2.01. The van der Waals surface area contributed by atoms with E-state index in [0.717, 1.165) is 0 Å². The third-order valence-corrected chi connectivity index (χ3v) is 2.27. The van der Waals surface area contributed by atoms with Gasteiger partial charge in [0.05, 0.1) is 22.9 Å². The topological polar surface area (TPSA) is 75.6 Å². The first-order valence-corrected chi connectivity index (χ1v) is 5.35. The lowest BCUT2D eigenvalue weighted by Crippen LogP contribution is -2.18. The van der Waals surface area contributed by atoms with Crippen molar-refractivity contribution in [3.63, 3.8) is 0 Å². The molecule has 0 aliphatic heterocycles. The van der Waals surface area contributed by atoms with Crippen molar-refractivity contribution in [2.45, 2.75) is 6.92 Å². The molecular weight excluding hydrogens is 246 g/mol. The van der Waals surface area contributed by atoms with Crippen LogP contribution in [0.15, 0.2) is 18.2 Å². The highest BCUT2D eigenvalue weighted by Crippen LogP contribution is 2.25. The Morgan fingerprint density at radius 3 is 2.76 bits per heavy atom. The summed E-state index contributed by atoms with van der Waals surface area (Å²) in [4.78, 5) is 22.1. The Balaban J connectivity index is 2.82. The van der Waals surface area contributed by atoms with Gasteiger partial charge in [-0.05, 0) is 19.1 Å². The monoisotopic (exact) mass is 257 g/mol. The number of benzene rings is 1. The van der Waals surface area contributed by atoms with E-state index in [2.05, 4.69) is 5.32 Å². The average Bonchev–Trinajstić information content (AvgIpc) is 2.27. The summed E-state index contributed by atoms with van der Waals surface area (Å²) in [6.07, 6.45) is 0. The molecule has 2 N–H and O–H groups in total. The number of carboxylic acids is 1. The average molecular weight is 258 g/mol. The minimum atomic E-state index is -1.11. The molecule has 0 bridgehead atoms. The van der Waals surface area contributed by atoms with Gasteiger partial charge in [-0.25, -0.2) is 4.79 Å². The van der Waals surface area contributed by atoms with Crippen LogP contribution >= 0.6 is 11.6 Å². The van der Waals surface area contributed by atoms with Crippen LogP contribution in [0.1, 0.15) is 17.3 Å². The molecule has 0 fully saturated rings. The molecule has 0 amide bonds. The molecule has 17 heavy (non-hydrogen) atoms. The highest BCUT2D eigenvalue weighted by Gasteiger charge is 2.13. The zero-order valence-electron chi connectivity index (χ0n) is 9.20. The molecule has 1 aromatic carbocycles. The van der Waals surface area contributed by atoms with E-state index in [0.29, 0.717) is 0 Å². The van der Waals surface area contributed by atoms with Crippen molar-refractivity contribution >= 4 is 29.2 Å². The number of nitrogens with one attached hydrogen (secondary N) is 1. The second-order valence-electron chi connectivity index (χ2n) is 3.13. The molecule has 0 heterocycles. The maximum atomic E-state index is 11.1. The summed E-state index contributed by atoms with van der Waals surface area (Å²) in [5, 5.41) is 11.8. The molecule has 5 nitrogen and oxygen atoms in total. The van der Waals surface area contributed by atoms with Gasteiger partial charge in [-0.3, -0.25) is 4.79 Å². The van der Waals surface area contributed by atoms with Crippen LogP contribution in [0.5, 0.6) is 0 Å². The van der Waals surface area contributed by atoms with Crippen LogP contribution in [0.25, 0.3) is 0 Å². The van der Waals surface area contributed by atoms with E-state index in [1.807, 2.05) is 0 Å². The predicted molar refractivity (Wildman–Crippen MR) is 63.5 cm³/mol. The summed E-state index contributed by atoms with van der Waals surface area (Å²) in [5.41, 5.74) is 0.233. The van der Waals surface area contributed by atoms with E-state index >= 15 is 0 Å². The Labute approximate surface area is 103 Å². The highest BCUT2D eigenvalue weighted by molar-refractivity contribution is 6.34. The molecule has 1 rings (SSSR count). The van der Waals surface area contributed by atoms with E-state index in [4.69, 9.17) is 21.4 Å². The first-order valence-electron chi connectivity index (χ1n) is 4.97. The van der Waals surface area contributed by atoms with Crippen LogP contribution < -0.4 is 5.32 Å². The number of hydrogen-bond donors (Lipinski definition) is 2. The fraction of sp³-hybridized carbons (Fsp3) is 0.273. The number of carboxylic acid groups (broad SMARTS) is 1. The number of hydrogen-bond acceptors (Lipinski definition) is 4. The van der Waals surface area contributed by atoms with Crippen molar-refractivity contribution in [3.05, 3.63) is 28.8 Å².